The van der Waals surface area contributed by atoms with Crippen LogP contribution in [0.2, 0.25) is 15.1 Å². The van der Waals surface area contributed by atoms with E-state index < -0.39 is 0 Å². The number of rotatable bonds is 2. The molecule has 96 valence electrons. The molecule has 0 amide bonds. The highest BCUT2D eigenvalue weighted by atomic mass is 35.5. The average Bonchev–Trinajstić information content (AvgIpc) is 2.60. The van der Waals surface area contributed by atoms with Crippen LogP contribution in [0.5, 0.6) is 0 Å². The van der Waals surface area contributed by atoms with Gasteiger partial charge in [-0.2, -0.15) is 5.10 Å². The Labute approximate surface area is 120 Å². The SMILES string of the molecule is Cc1nn(C(C)c2cccc(Cl)c2Cl)c(N)c1Cl. The van der Waals surface area contributed by atoms with Crippen LogP contribution in [0.3, 0.4) is 0 Å². The van der Waals surface area contributed by atoms with Crippen LogP contribution >= 0.6 is 34.8 Å². The van der Waals surface area contributed by atoms with E-state index in [1.165, 1.54) is 0 Å². The molecule has 1 aromatic heterocycles. The first-order valence-corrected chi connectivity index (χ1v) is 6.50. The largest absolute Gasteiger partial charge is 0.383 e. The first-order valence-electron chi connectivity index (χ1n) is 5.37. The number of aryl methyl sites for hydroxylation is 1. The maximum absolute atomic E-state index is 6.19. The summed E-state index contributed by atoms with van der Waals surface area (Å²) in [7, 11) is 0. The molecule has 6 heteroatoms. The molecule has 0 bridgehead atoms. The summed E-state index contributed by atoms with van der Waals surface area (Å²) in [6, 6.07) is 5.34. The minimum Gasteiger partial charge on any atom is -0.383 e. The molecule has 18 heavy (non-hydrogen) atoms. The van der Waals surface area contributed by atoms with Crippen LogP contribution in [0, 0.1) is 6.92 Å². The lowest BCUT2D eigenvalue weighted by Crippen LogP contribution is -2.12. The predicted molar refractivity (Wildman–Crippen MR) is 76.7 cm³/mol. The second-order valence-corrected chi connectivity index (χ2v) is 5.21. The van der Waals surface area contributed by atoms with Gasteiger partial charge in [-0.25, -0.2) is 4.68 Å². The summed E-state index contributed by atoms with van der Waals surface area (Å²) in [6.45, 7) is 3.75. The molecule has 0 radical (unpaired) electrons. The van der Waals surface area contributed by atoms with E-state index in [0.717, 1.165) is 5.56 Å². The van der Waals surface area contributed by atoms with Gasteiger partial charge in [0, 0.05) is 0 Å². The van der Waals surface area contributed by atoms with Gasteiger partial charge in [-0.15, -0.1) is 0 Å². The molecule has 3 nitrogen and oxygen atoms in total. The number of nitrogens with zero attached hydrogens (tertiary/aromatic N) is 2. The summed E-state index contributed by atoms with van der Waals surface area (Å²) in [6.07, 6.45) is 0. The molecule has 1 unspecified atom stereocenters. The van der Waals surface area contributed by atoms with Crippen molar-refractivity contribution in [1.82, 2.24) is 9.78 Å². The molecule has 0 aliphatic heterocycles. The van der Waals surface area contributed by atoms with E-state index in [9.17, 15) is 0 Å². The molecule has 0 saturated heterocycles. The number of nitrogens with two attached hydrogens (primary N) is 1. The van der Waals surface area contributed by atoms with E-state index in [0.29, 0.717) is 26.6 Å². The van der Waals surface area contributed by atoms with Crippen LogP contribution in [0.25, 0.3) is 0 Å². The van der Waals surface area contributed by atoms with E-state index in [1.807, 2.05) is 26.0 Å². The molecule has 0 spiro atoms. The van der Waals surface area contributed by atoms with Gasteiger partial charge in [0.25, 0.3) is 0 Å². The lowest BCUT2D eigenvalue weighted by molar-refractivity contribution is 0.569. The number of hydrogen-bond acceptors (Lipinski definition) is 2. The molecule has 0 aliphatic carbocycles. The second kappa shape index (κ2) is 5.00. The second-order valence-electron chi connectivity index (χ2n) is 4.05. The lowest BCUT2D eigenvalue weighted by atomic mass is 10.1. The Hall–Kier alpha value is -0.900. The van der Waals surface area contributed by atoms with Crippen molar-refractivity contribution in [3.05, 3.63) is 44.5 Å². The Morgan fingerprint density at radius 2 is 1.89 bits per heavy atom. The first kappa shape index (κ1) is 13.5. The van der Waals surface area contributed by atoms with Gasteiger partial charge in [0.1, 0.15) is 10.8 Å². The molecule has 0 fully saturated rings. The summed E-state index contributed by atoms with van der Waals surface area (Å²) in [5, 5.41) is 5.81. The lowest BCUT2D eigenvalue weighted by Gasteiger charge is -2.16. The van der Waals surface area contributed by atoms with Crippen LogP contribution in [0.15, 0.2) is 18.2 Å². The third-order valence-electron chi connectivity index (χ3n) is 2.85. The molecule has 1 heterocycles. The standard InChI is InChI=1S/C12H12Cl3N3/c1-6-10(14)12(16)18(17-6)7(2)8-4-3-5-9(13)11(8)15/h3-5,7H,16H2,1-2H3. The maximum atomic E-state index is 6.19. The van der Waals surface area contributed by atoms with Gasteiger partial charge in [0.2, 0.25) is 0 Å². The topological polar surface area (TPSA) is 43.8 Å². The zero-order valence-electron chi connectivity index (χ0n) is 9.92. The summed E-state index contributed by atoms with van der Waals surface area (Å²) >= 11 is 18.2. The maximum Gasteiger partial charge on any atom is 0.141 e. The monoisotopic (exact) mass is 303 g/mol. The van der Waals surface area contributed by atoms with Gasteiger partial charge in [0.15, 0.2) is 0 Å². The van der Waals surface area contributed by atoms with E-state index in [1.54, 1.807) is 10.7 Å². The normalized spacial score (nSPS) is 12.7. The highest BCUT2D eigenvalue weighted by Gasteiger charge is 2.19. The van der Waals surface area contributed by atoms with Gasteiger partial charge in [-0.05, 0) is 25.5 Å². The van der Waals surface area contributed by atoms with Gasteiger partial charge in [0.05, 0.1) is 21.8 Å². The van der Waals surface area contributed by atoms with Crippen LogP contribution in [-0.4, -0.2) is 9.78 Å². The molecule has 0 aliphatic rings. The third kappa shape index (κ3) is 2.18. The quantitative estimate of drug-likeness (QED) is 0.896. The number of hydrogen-bond donors (Lipinski definition) is 1. The molecular weight excluding hydrogens is 293 g/mol. The van der Waals surface area contributed by atoms with E-state index >= 15 is 0 Å². The van der Waals surface area contributed by atoms with Gasteiger partial charge < -0.3 is 5.73 Å². The van der Waals surface area contributed by atoms with E-state index in [4.69, 9.17) is 40.5 Å². The fourth-order valence-corrected chi connectivity index (χ4v) is 2.41. The number of halogens is 3. The molecule has 1 atom stereocenters. The summed E-state index contributed by atoms with van der Waals surface area (Å²) in [5.41, 5.74) is 7.47. The zero-order chi connectivity index (χ0) is 13.4. The highest BCUT2D eigenvalue weighted by Crippen LogP contribution is 2.34. The molecule has 0 saturated carbocycles. The van der Waals surface area contributed by atoms with Crippen molar-refractivity contribution in [3.8, 4) is 0 Å². The van der Waals surface area contributed by atoms with Crippen molar-refractivity contribution in [2.45, 2.75) is 19.9 Å². The Kier molecular flexibility index (Phi) is 3.76. The van der Waals surface area contributed by atoms with Gasteiger partial charge in [-0.1, -0.05) is 46.9 Å². The Bertz CT molecular complexity index is 592. The summed E-state index contributed by atoms with van der Waals surface area (Å²) in [4.78, 5) is 0. The van der Waals surface area contributed by atoms with Crippen molar-refractivity contribution in [3.63, 3.8) is 0 Å². The molecular formula is C12H12Cl3N3. The zero-order valence-corrected chi connectivity index (χ0v) is 12.2. The summed E-state index contributed by atoms with van der Waals surface area (Å²) in [5.74, 6) is 0.428. The van der Waals surface area contributed by atoms with Crippen molar-refractivity contribution in [1.29, 1.82) is 0 Å². The van der Waals surface area contributed by atoms with E-state index in [-0.39, 0.29) is 6.04 Å². The van der Waals surface area contributed by atoms with Crippen LogP contribution in [0.4, 0.5) is 5.82 Å². The fraction of sp³-hybridized carbons (Fsp3) is 0.250. The number of benzene rings is 1. The van der Waals surface area contributed by atoms with Crippen LogP contribution < -0.4 is 5.73 Å². The third-order valence-corrected chi connectivity index (χ3v) is 4.15. The van der Waals surface area contributed by atoms with Crippen LogP contribution in [0.1, 0.15) is 24.2 Å². The fourth-order valence-electron chi connectivity index (χ4n) is 1.82. The van der Waals surface area contributed by atoms with Gasteiger partial charge in [-0.3, -0.25) is 0 Å². The number of aromatic nitrogens is 2. The first-order chi connectivity index (χ1) is 8.43. The minimum atomic E-state index is -0.137. The summed E-state index contributed by atoms with van der Waals surface area (Å²) < 4.78 is 1.65. The molecule has 2 aromatic rings. The van der Waals surface area contributed by atoms with Crippen molar-refractivity contribution < 1.29 is 0 Å². The number of nitrogen functional groups attached to an aromatic ring is 1. The van der Waals surface area contributed by atoms with E-state index in [2.05, 4.69) is 5.10 Å². The average molecular weight is 305 g/mol. The number of anilines is 1. The highest BCUT2D eigenvalue weighted by molar-refractivity contribution is 6.42. The van der Waals surface area contributed by atoms with Gasteiger partial charge >= 0.3 is 0 Å². The molecule has 1 aromatic carbocycles. The minimum absolute atomic E-state index is 0.137. The predicted octanol–water partition coefficient (Wildman–Crippen LogP) is 4.34. The smallest absolute Gasteiger partial charge is 0.141 e. The molecule has 2 N–H and O–H groups in total. The van der Waals surface area contributed by atoms with Crippen LogP contribution in [-0.2, 0) is 0 Å². The van der Waals surface area contributed by atoms with Crippen molar-refractivity contribution in [2.75, 3.05) is 5.73 Å². The Morgan fingerprint density at radius 1 is 1.22 bits per heavy atom. The Balaban J connectivity index is 2.51. The Morgan fingerprint density at radius 3 is 2.44 bits per heavy atom. The van der Waals surface area contributed by atoms with Crippen molar-refractivity contribution >= 4 is 40.6 Å². The molecule has 2 rings (SSSR count). The van der Waals surface area contributed by atoms with Crippen molar-refractivity contribution in [2.24, 2.45) is 0 Å².